The lowest BCUT2D eigenvalue weighted by molar-refractivity contribution is 0.301. The van der Waals surface area contributed by atoms with Crippen molar-refractivity contribution in [2.24, 2.45) is 0 Å². The van der Waals surface area contributed by atoms with Crippen LogP contribution in [0.5, 0.6) is 5.75 Å². The van der Waals surface area contributed by atoms with Crippen molar-refractivity contribution >= 4 is 24.0 Å². The quantitative estimate of drug-likeness (QED) is 0.623. The summed E-state index contributed by atoms with van der Waals surface area (Å²) in [6, 6.07) is 3.25. The molecule has 0 aliphatic rings. The van der Waals surface area contributed by atoms with Crippen molar-refractivity contribution in [1.82, 2.24) is 10.2 Å². The van der Waals surface area contributed by atoms with Crippen molar-refractivity contribution < 1.29 is 17.9 Å². The Bertz CT molecular complexity index is 615. The Morgan fingerprint density at radius 1 is 1.40 bits per heavy atom. The van der Waals surface area contributed by atoms with Gasteiger partial charge in [0, 0.05) is 6.07 Å². The number of rotatable bonds is 7. The Morgan fingerprint density at radius 3 is 2.95 bits per heavy atom. The lowest BCUT2D eigenvalue weighted by atomic mass is 10.3. The first-order valence-electron chi connectivity index (χ1n) is 5.85. The minimum Gasteiger partial charge on any atom is -0.490 e. The number of ether oxygens (including phenoxy) is 1. The van der Waals surface area contributed by atoms with E-state index in [-0.39, 0.29) is 10.6 Å². The van der Waals surface area contributed by atoms with Crippen molar-refractivity contribution in [1.29, 1.82) is 0 Å². The molecule has 0 atom stereocenters. The maximum Gasteiger partial charge on any atom is 0.284 e. The molecule has 8 heteroatoms. The maximum atomic E-state index is 13.2. The van der Waals surface area contributed by atoms with Gasteiger partial charge in [-0.15, -0.1) is 5.10 Å². The minimum absolute atomic E-state index is 0.0643. The number of benzene rings is 1. The van der Waals surface area contributed by atoms with E-state index in [1.807, 2.05) is 0 Å². The summed E-state index contributed by atoms with van der Waals surface area (Å²) >= 11 is 6.36. The Kier molecular flexibility index (Phi) is 5.54. The van der Waals surface area contributed by atoms with Crippen LogP contribution >= 0.6 is 24.0 Å². The van der Waals surface area contributed by atoms with Gasteiger partial charge in [0.05, 0.1) is 12.4 Å². The van der Waals surface area contributed by atoms with Gasteiger partial charge >= 0.3 is 0 Å². The van der Waals surface area contributed by atoms with E-state index in [1.165, 1.54) is 12.1 Å². The average Bonchev–Trinajstić information content (AvgIpc) is 2.81. The van der Waals surface area contributed by atoms with Crippen LogP contribution < -0.4 is 4.74 Å². The third-order valence-corrected chi connectivity index (χ3v) is 3.50. The Morgan fingerprint density at radius 2 is 2.25 bits per heavy atom. The van der Waals surface area contributed by atoms with E-state index in [0.29, 0.717) is 18.3 Å². The molecular formula is C12H12F2N2O2S2. The van der Waals surface area contributed by atoms with Crippen molar-refractivity contribution in [2.75, 3.05) is 12.4 Å². The van der Waals surface area contributed by atoms with E-state index >= 15 is 0 Å². The van der Waals surface area contributed by atoms with Gasteiger partial charge in [-0.3, -0.25) is 0 Å². The van der Waals surface area contributed by atoms with E-state index in [0.717, 1.165) is 18.2 Å². The summed E-state index contributed by atoms with van der Waals surface area (Å²) in [5, 5.41) is 6.41. The highest BCUT2D eigenvalue weighted by atomic mass is 32.2. The first kappa shape index (κ1) is 15.0. The number of halogens is 2. The molecule has 0 amide bonds. The van der Waals surface area contributed by atoms with Gasteiger partial charge in [0.25, 0.3) is 4.84 Å². The molecule has 20 heavy (non-hydrogen) atoms. The number of nitrogens with one attached hydrogen (secondary N) is 1. The standard InChI is InChI=1S/C12H12F2N2O2S2/c13-8-2-3-10(9(14)6-8)17-4-1-5-20-7-11-15-16-12(19)18-11/h2-3,6H,1,4-5,7H2,(H,16,19). The maximum absolute atomic E-state index is 13.2. The zero-order valence-corrected chi connectivity index (χ0v) is 12.0. The van der Waals surface area contributed by atoms with Crippen LogP contribution in [0.2, 0.25) is 0 Å². The number of H-pyrrole nitrogens is 1. The fourth-order valence-electron chi connectivity index (χ4n) is 1.42. The fourth-order valence-corrected chi connectivity index (χ4v) is 2.32. The molecule has 0 spiro atoms. The van der Waals surface area contributed by atoms with Crippen molar-refractivity contribution in [3.05, 3.63) is 40.6 Å². The van der Waals surface area contributed by atoms with Gasteiger partial charge < -0.3 is 9.15 Å². The molecule has 1 heterocycles. The molecule has 108 valence electrons. The number of hydrogen-bond acceptors (Lipinski definition) is 5. The molecule has 1 N–H and O–H groups in total. The van der Waals surface area contributed by atoms with E-state index in [9.17, 15) is 8.78 Å². The van der Waals surface area contributed by atoms with E-state index in [2.05, 4.69) is 10.2 Å². The van der Waals surface area contributed by atoms with Gasteiger partial charge in [-0.2, -0.15) is 11.8 Å². The summed E-state index contributed by atoms with van der Waals surface area (Å²) in [6.45, 7) is 0.361. The van der Waals surface area contributed by atoms with Gasteiger partial charge in [-0.05, 0) is 36.5 Å². The lowest BCUT2D eigenvalue weighted by Gasteiger charge is -2.06. The van der Waals surface area contributed by atoms with Crippen LogP contribution in [0.4, 0.5) is 8.78 Å². The predicted octanol–water partition coefficient (Wildman–Crippen LogP) is 3.71. The first-order valence-corrected chi connectivity index (χ1v) is 7.41. The largest absolute Gasteiger partial charge is 0.490 e. The van der Waals surface area contributed by atoms with Gasteiger partial charge in [0.2, 0.25) is 5.89 Å². The van der Waals surface area contributed by atoms with Crippen molar-refractivity contribution in [3.8, 4) is 5.75 Å². The Balaban J connectivity index is 1.63. The smallest absolute Gasteiger partial charge is 0.284 e. The van der Waals surface area contributed by atoms with Crippen LogP contribution in [-0.4, -0.2) is 22.6 Å². The second-order valence-electron chi connectivity index (χ2n) is 3.84. The first-order chi connectivity index (χ1) is 9.65. The van der Waals surface area contributed by atoms with Crippen LogP contribution in [0.25, 0.3) is 0 Å². The number of thioether (sulfide) groups is 1. The molecule has 0 unspecified atom stereocenters. The van der Waals surface area contributed by atoms with Crippen LogP contribution in [0, 0.1) is 16.5 Å². The summed E-state index contributed by atoms with van der Waals surface area (Å²) in [5.41, 5.74) is 0. The summed E-state index contributed by atoms with van der Waals surface area (Å²) < 4.78 is 36.2. The molecule has 2 aromatic rings. The fraction of sp³-hybridized carbons (Fsp3) is 0.333. The predicted molar refractivity (Wildman–Crippen MR) is 74.3 cm³/mol. The molecule has 0 saturated carbocycles. The molecule has 0 aliphatic carbocycles. The highest BCUT2D eigenvalue weighted by Gasteiger charge is 2.04. The van der Waals surface area contributed by atoms with E-state index in [4.69, 9.17) is 21.4 Å². The lowest BCUT2D eigenvalue weighted by Crippen LogP contribution is -2.01. The molecule has 0 fully saturated rings. The number of hydrogen-bond donors (Lipinski definition) is 1. The zero-order chi connectivity index (χ0) is 14.4. The molecule has 0 aliphatic heterocycles. The molecule has 2 rings (SSSR count). The summed E-state index contributed by atoms with van der Waals surface area (Å²) in [7, 11) is 0. The van der Waals surface area contributed by atoms with Gasteiger partial charge in [-0.25, -0.2) is 13.9 Å². The van der Waals surface area contributed by atoms with E-state index in [1.54, 1.807) is 11.8 Å². The molecule has 1 aromatic carbocycles. The van der Waals surface area contributed by atoms with Crippen LogP contribution in [0.1, 0.15) is 12.3 Å². The van der Waals surface area contributed by atoms with Crippen molar-refractivity contribution in [3.63, 3.8) is 0 Å². The molecule has 0 saturated heterocycles. The SMILES string of the molecule is Fc1ccc(OCCCSCc2n[nH]c(=S)o2)c(F)c1. The van der Waals surface area contributed by atoms with Crippen LogP contribution in [0.15, 0.2) is 22.6 Å². The zero-order valence-electron chi connectivity index (χ0n) is 10.4. The van der Waals surface area contributed by atoms with Gasteiger partial charge in [-0.1, -0.05) is 0 Å². The second kappa shape index (κ2) is 7.39. The average molecular weight is 318 g/mol. The van der Waals surface area contributed by atoms with Gasteiger partial charge in [0.1, 0.15) is 5.82 Å². The molecule has 4 nitrogen and oxygen atoms in total. The minimum atomic E-state index is -0.689. The van der Waals surface area contributed by atoms with Crippen molar-refractivity contribution in [2.45, 2.75) is 12.2 Å². The third kappa shape index (κ3) is 4.61. The molecule has 0 bridgehead atoms. The number of nitrogens with zero attached hydrogens (tertiary/aromatic N) is 1. The third-order valence-electron chi connectivity index (χ3n) is 2.29. The van der Waals surface area contributed by atoms with Crippen LogP contribution in [0.3, 0.4) is 0 Å². The number of aromatic nitrogens is 2. The Labute approximate surface area is 123 Å². The number of aromatic amines is 1. The molecule has 1 aromatic heterocycles. The monoisotopic (exact) mass is 318 g/mol. The van der Waals surface area contributed by atoms with Gasteiger partial charge in [0.15, 0.2) is 11.6 Å². The summed E-state index contributed by atoms with van der Waals surface area (Å²) in [6.07, 6.45) is 0.729. The topological polar surface area (TPSA) is 51.0 Å². The van der Waals surface area contributed by atoms with Crippen LogP contribution in [-0.2, 0) is 5.75 Å². The summed E-state index contributed by atoms with van der Waals surface area (Å²) in [4.78, 5) is 0.260. The molecular weight excluding hydrogens is 306 g/mol. The second-order valence-corrected chi connectivity index (χ2v) is 5.31. The van der Waals surface area contributed by atoms with E-state index < -0.39 is 11.6 Å². The summed E-state index contributed by atoms with van der Waals surface area (Å²) in [5.74, 6) is 0.718. The highest BCUT2D eigenvalue weighted by Crippen LogP contribution is 2.18. The normalized spacial score (nSPS) is 10.7. The molecule has 0 radical (unpaired) electrons. The Hall–Kier alpha value is -1.41. The highest BCUT2D eigenvalue weighted by molar-refractivity contribution is 7.98.